The van der Waals surface area contributed by atoms with Crippen LogP contribution in [0.15, 0.2) is 24.4 Å². The molecule has 0 aromatic carbocycles. The molecular weight excluding hydrogens is 225 g/mol. The second-order valence-corrected chi connectivity index (χ2v) is 4.52. The van der Waals surface area contributed by atoms with Gasteiger partial charge in [0.25, 0.3) is 0 Å². The lowest BCUT2D eigenvalue weighted by Gasteiger charge is -2.09. The first-order chi connectivity index (χ1) is 7.70. The van der Waals surface area contributed by atoms with Gasteiger partial charge in [0.05, 0.1) is 13.2 Å². The lowest BCUT2D eigenvalue weighted by atomic mass is 10.4. The van der Waals surface area contributed by atoms with Gasteiger partial charge in [-0.25, -0.2) is 9.55 Å². The van der Waals surface area contributed by atoms with Crippen molar-refractivity contribution in [2.24, 2.45) is 0 Å². The third-order valence-corrected chi connectivity index (χ3v) is 3.17. The van der Waals surface area contributed by atoms with Crippen LogP contribution in [-0.2, 0) is 13.6 Å². The van der Waals surface area contributed by atoms with E-state index in [4.69, 9.17) is 9.05 Å². The number of hydrogen-bond acceptors (Lipinski definition) is 4. The van der Waals surface area contributed by atoms with Gasteiger partial charge in [-0.3, -0.25) is 9.05 Å². The van der Waals surface area contributed by atoms with Crippen LogP contribution in [0.5, 0.6) is 0 Å². The predicted octanol–water partition coefficient (Wildman–Crippen LogP) is 2.66. The first-order valence-electron chi connectivity index (χ1n) is 5.03. The third kappa shape index (κ3) is 4.16. The molecule has 0 aliphatic carbocycles. The average Bonchev–Trinajstić information content (AvgIpc) is 2.29. The molecule has 1 rings (SSSR count). The Morgan fingerprint density at radius 1 is 1.31 bits per heavy atom. The Morgan fingerprint density at radius 2 is 2.00 bits per heavy atom. The van der Waals surface area contributed by atoms with E-state index in [1.165, 1.54) is 0 Å². The van der Waals surface area contributed by atoms with Crippen molar-refractivity contribution in [3.63, 3.8) is 0 Å². The SMILES string of the molecule is CCOP(=O)(C#Cc1ccccn1)OCC. The number of hydrogen-bond donors (Lipinski definition) is 0. The number of rotatable bonds is 4. The maximum absolute atomic E-state index is 11.9. The monoisotopic (exact) mass is 239 g/mol. The molecule has 16 heavy (non-hydrogen) atoms. The smallest absolute Gasteiger partial charge is 0.300 e. The molecular formula is C11H14NO3P. The molecule has 0 radical (unpaired) electrons. The summed E-state index contributed by atoms with van der Waals surface area (Å²) in [7, 11) is -3.29. The zero-order valence-electron chi connectivity index (χ0n) is 9.34. The largest absolute Gasteiger partial charge is 0.405 e. The molecule has 0 fully saturated rings. The second kappa shape index (κ2) is 6.44. The van der Waals surface area contributed by atoms with Crippen LogP contribution < -0.4 is 0 Å². The second-order valence-electron chi connectivity index (χ2n) is 2.78. The van der Waals surface area contributed by atoms with E-state index < -0.39 is 7.60 Å². The molecule has 1 aromatic rings. The standard InChI is InChI=1S/C11H14NO3P/c1-3-14-16(13,15-4-2)10-8-11-7-5-6-9-12-11/h5-7,9H,3-4H2,1-2H3. The summed E-state index contributed by atoms with van der Waals surface area (Å²) in [6.45, 7) is 4.09. The maximum Gasteiger partial charge on any atom is 0.405 e. The Kier molecular flexibility index (Phi) is 5.21. The summed E-state index contributed by atoms with van der Waals surface area (Å²) >= 11 is 0. The van der Waals surface area contributed by atoms with Crippen molar-refractivity contribution in [2.75, 3.05) is 13.2 Å². The van der Waals surface area contributed by atoms with E-state index in [1.807, 2.05) is 6.07 Å². The van der Waals surface area contributed by atoms with E-state index in [0.29, 0.717) is 18.9 Å². The Labute approximate surface area is 95.5 Å². The number of pyridine rings is 1. The van der Waals surface area contributed by atoms with Crippen molar-refractivity contribution < 1.29 is 13.6 Å². The zero-order valence-corrected chi connectivity index (χ0v) is 10.2. The van der Waals surface area contributed by atoms with Crippen LogP contribution in [-0.4, -0.2) is 18.2 Å². The highest BCUT2D eigenvalue weighted by molar-refractivity contribution is 7.59. The lowest BCUT2D eigenvalue weighted by Crippen LogP contribution is -1.93. The molecule has 0 aliphatic rings. The predicted molar refractivity (Wildman–Crippen MR) is 62.0 cm³/mol. The summed E-state index contributed by atoms with van der Waals surface area (Å²) in [6.07, 6.45) is 1.62. The molecule has 0 saturated heterocycles. The fourth-order valence-electron chi connectivity index (χ4n) is 1.00. The van der Waals surface area contributed by atoms with Gasteiger partial charge in [-0.05, 0) is 31.9 Å². The van der Waals surface area contributed by atoms with Crippen LogP contribution in [0.2, 0.25) is 0 Å². The Bertz CT molecular complexity index is 412. The van der Waals surface area contributed by atoms with Crippen LogP contribution in [0.1, 0.15) is 19.5 Å². The third-order valence-electron chi connectivity index (χ3n) is 1.58. The summed E-state index contributed by atoms with van der Waals surface area (Å²) < 4.78 is 22.0. The molecule has 0 bridgehead atoms. The summed E-state index contributed by atoms with van der Waals surface area (Å²) in [5.74, 6) is 2.68. The molecule has 1 aromatic heterocycles. The summed E-state index contributed by atoms with van der Waals surface area (Å²) in [4.78, 5) is 4.00. The van der Waals surface area contributed by atoms with Gasteiger partial charge < -0.3 is 0 Å². The van der Waals surface area contributed by atoms with E-state index in [1.54, 1.807) is 32.2 Å². The molecule has 0 atom stereocenters. The fraction of sp³-hybridized carbons (Fsp3) is 0.364. The van der Waals surface area contributed by atoms with Gasteiger partial charge in [0.2, 0.25) is 0 Å². The van der Waals surface area contributed by atoms with Crippen molar-refractivity contribution in [1.82, 2.24) is 4.98 Å². The van der Waals surface area contributed by atoms with Gasteiger partial charge in [-0.15, -0.1) is 0 Å². The normalized spacial score (nSPS) is 10.6. The van der Waals surface area contributed by atoms with Crippen LogP contribution in [0, 0.1) is 11.6 Å². The van der Waals surface area contributed by atoms with Crippen molar-refractivity contribution in [2.45, 2.75) is 13.8 Å². The van der Waals surface area contributed by atoms with Crippen molar-refractivity contribution in [3.8, 4) is 11.6 Å². The van der Waals surface area contributed by atoms with Crippen LogP contribution in [0.3, 0.4) is 0 Å². The van der Waals surface area contributed by atoms with Gasteiger partial charge in [0.15, 0.2) is 0 Å². The van der Waals surface area contributed by atoms with E-state index in [9.17, 15) is 4.57 Å². The quantitative estimate of drug-likeness (QED) is 0.598. The molecule has 4 nitrogen and oxygen atoms in total. The average molecular weight is 239 g/mol. The van der Waals surface area contributed by atoms with Gasteiger partial charge in [0, 0.05) is 11.9 Å². The minimum atomic E-state index is -3.29. The molecule has 0 aliphatic heterocycles. The van der Waals surface area contributed by atoms with Crippen molar-refractivity contribution in [3.05, 3.63) is 30.1 Å². The van der Waals surface area contributed by atoms with Gasteiger partial charge in [-0.2, -0.15) is 0 Å². The zero-order chi connectivity index (χ0) is 11.9. The highest BCUT2D eigenvalue weighted by Crippen LogP contribution is 2.46. The first kappa shape index (κ1) is 12.9. The van der Waals surface area contributed by atoms with E-state index in [0.717, 1.165) is 0 Å². The fourth-order valence-corrected chi connectivity index (χ4v) is 2.14. The van der Waals surface area contributed by atoms with Crippen molar-refractivity contribution in [1.29, 1.82) is 0 Å². The number of aromatic nitrogens is 1. The minimum Gasteiger partial charge on any atom is -0.300 e. The molecule has 0 N–H and O–H groups in total. The Hall–Kier alpha value is -1.14. The van der Waals surface area contributed by atoms with Crippen LogP contribution >= 0.6 is 7.60 Å². The van der Waals surface area contributed by atoms with Gasteiger partial charge in [-0.1, -0.05) is 6.07 Å². The molecule has 0 spiro atoms. The minimum absolute atomic E-state index is 0.300. The van der Waals surface area contributed by atoms with E-state index in [-0.39, 0.29) is 0 Å². The van der Waals surface area contributed by atoms with Gasteiger partial charge >= 0.3 is 7.60 Å². The first-order valence-corrected chi connectivity index (χ1v) is 6.58. The lowest BCUT2D eigenvalue weighted by molar-refractivity contribution is 0.230. The maximum atomic E-state index is 11.9. The number of nitrogens with zero attached hydrogens (tertiary/aromatic N) is 1. The molecule has 5 heteroatoms. The van der Waals surface area contributed by atoms with Gasteiger partial charge in [0.1, 0.15) is 5.69 Å². The molecule has 86 valence electrons. The summed E-state index contributed by atoms with van der Waals surface area (Å²) in [5, 5.41) is 0. The highest BCUT2D eigenvalue weighted by Gasteiger charge is 2.19. The molecule has 1 heterocycles. The Morgan fingerprint density at radius 3 is 2.50 bits per heavy atom. The van der Waals surface area contributed by atoms with Crippen LogP contribution in [0.25, 0.3) is 0 Å². The van der Waals surface area contributed by atoms with E-state index in [2.05, 4.69) is 16.6 Å². The topological polar surface area (TPSA) is 48.4 Å². The summed E-state index contributed by atoms with van der Waals surface area (Å²) in [5.41, 5.74) is 3.06. The molecule has 0 unspecified atom stereocenters. The summed E-state index contributed by atoms with van der Waals surface area (Å²) in [6, 6.07) is 5.33. The molecule has 0 amide bonds. The Balaban J connectivity index is 2.84. The highest BCUT2D eigenvalue weighted by atomic mass is 31.2. The van der Waals surface area contributed by atoms with Crippen molar-refractivity contribution >= 4 is 7.60 Å². The van der Waals surface area contributed by atoms with E-state index >= 15 is 0 Å². The van der Waals surface area contributed by atoms with Crippen LogP contribution in [0.4, 0.5) is 0 Å². The molecule has 0 saturated carbocycles.